The topological polar surface area (TPSA) is 58.2 Å². The lowest BCUT2D eigenvalue weighted by Gasteiger charge is -2.04. The molecule has 2 N–H and O–H groups in total. The molecule has 3 rings (SSSR count). The first-order valence-corrected chi connectivity index (χ1v) is 9.47. The molecule has 2 aromatic rings. The van der Waals surface area contributed by atoms with E-state index < -0.39 is 0 Å². The lowest BCUT2D eigenvalue weighted by molar-refractivity contribution is 0.0851. The minimum Gasteiger partial charge on any atom is -0.266 e. The van der Waals surface area contributed by atoms with Crippen molar-refractivity contribution >= 4 is 34.5 Å². The SMILES string of the molecule is Cc1cc(C(=O)NNC(=O)c2cc3c(s2)CCCCC3)sc1C. The second-order valence-electron chi connectivity index (χ2n) is 5.88. The number of aryl methyl sites for hydroxylation is 4. The zero-order valence-electron chi connectivity index (χ0n) is 13.3. The highest BCUT2D eigenvalue weighted by Gasteiger charge is 2.17. The largest absolute Gasteiger partial charge is 0.279 e. The first-order valence-electron chi connectivity index (χ1n) is 7.84. The van der Waals surface area contributed by atoms with Crippen LogP contribution in [0.3, 0.4) is 0 Å². The van der Waals surface area contributed by atoms with Gasteiger partial charge >= 0.3 is 0 Å². The maximum absolute atomic E-state index is 12.2. The van der Waals surface area contributed by atoms with Gasteiger partial charge < -0.3 is 0 Å². The molecule has 6 heteroatoms. The van der Waals surface area contributed by atoms with Crippen LogP contribution in [-0.4, -0.2) is 11.8 Å². The van der Waals surface area contributed by atoms with E-state index in [0.717, 1.165) is 23.3 Å². The Morgan fingerprint density at radius 2 is 1.57 bits per heavy atom. The zero-order valence-corrected chi connectivity index (χ0v) is 15.0. The van der Waals surface area contributed by atoms with Crippen LogP contribution in [-0.2, 0) is 12.8 Å². The Morgan fingerprint density at radius 3 is 2.22 bits per heavy atom. The van der Waals surface area contributed by atoms with E-state index in [0.29, 0.717) is 9.75 Å². The highest BCUT2D eigenvalue weighted by atomic mass is 32.1. The van der Waals surface area contributed by atoms with Gasteiger partial charge in [0.05, 0.1) is 9.75 Å². The summed E-state index contributed by atoms with van der Waals surface area (Å²) in [5, 5.41) is 0. The van der Waals surface area contributed by atoms with E-state index >= 15 is 0 Å². The van der Waals surface area contributed by atoms with Crippen molar-refractivity contribution in [1.29, 1.82) is 0 Å². The number of nitrogens with one attached hydrogen (secondary N) is 2. The maximum Gasteiger partial charge on any atom is 0.279 e. The van der Waals surface area contributed by atoms with Crippen molar-refractivity contribution in [3.05, 3.63) is 42.8 Å². The van der Waals surface area contributed by atoms with E-state index in [1.165, 1.54) is 41.0 Å². The summed E-state index contributed by atoms with van der Waals surface area (Å²) in [6.07, 6.45) is 5.77. The zero-order chi connectivity index (χ0) is 16.4. The molecule has 1 aliphatic carbocycles. The minimum atomic E-state index is -0.266. The van der Waals surface area contributed by atoms with Gasteiger partial charge in [-0.1, -0.05) is 6.42 Å². The lowest BCUT2D eigenvalue weighted by Crippen LogP contribution is -2.41. The third-order valence-electron chi connectivity index (χ3n) is 4.15. The summed E-state index contributed by atoms with van der Waals surface area (Å²) in [4.78, 5) is 28.0. The smallest absolute Gasteiger partial charge is 0.266 e. The van der Waals surface area contributed by atoms with Gasteiger partial charge in [-0.3, -0.25) is 20.4 Å². The highest BCUT2D eigenvalue weighted by Crippen LogP contribution is 2.28. The Kier molecular flexibility index (Phi) is 4.82. The van der Waals surface area contributed by atoms with E-state index in [-0.39, 0.29) is 11.8 Å². The average molecular weight is 348 g/mol. The van der Waals surface area contributed by atoms with Crippen LogP contribution < -0.4 is 10.9 Å². The molecule has 0 unspecified atom stereocenters. The second kappa shape index (κ2) is 6.84. The Balaban J connectivity index is 1.62. The average Bonchev–Trinajstić information content (AvgIpc) is 3.01. The van der Waals surface area contributed by atoms with Crippen molar-refractivity contribution in [2.75, 3.05) is 0 Å². The van der Waals surface area contributed by atoms with Crippen LogP contribution in [0.1, 0.15) is 59.5 Å². The molecule has 4 nitrogen and oxygen atoms in total. The van der Waals surface area contributed by atoms with E-state index in [1.54, 1.807) is 11.3 Å². The molecule has 0 atom stereocenters. The molecule has 23 heavy (non-hydrogen) atoms. The molecule has 0 spiro atoms. The van der Waals surface area contributed by atoms with Gasteiger partial charge in [0.15, 0.2) is 0 Å². The third kappa shape index (κ3) is 3.64. The first kappa shape index (κ1) is 16.2. The molecular formula is C17H20N2O2S2. The summed E-state index contributed by atoms with van der Waals surface area (Å²) in [5.74, 6) is -0.501. The second-order valence-corrected chi connectivity index (χ2v) is 8.27. The fraction of sp³-hybridized carbons (Fsp3) is 0.412. The number of fused-ring (bicyclic) bond motifs is 1. The minimum absolute atomic E-state index is 0.235. The van der Waals surface area contributed by atoms with Crippen molar-refractivity contribution < 1.29 is 9.59 Å². The Bertz CT molecular complexity index is 703. The fourth-order valence-electron chi connectivity index (χ4n) is 2.70. The molecule has 1 aliphatic rings. The standard InChI is InChI=1S/C17H20N2O2S2/c1-10-8-14(22-11(10)2)16(20)18-19-17(21)15-9-12-6-4-3-5-7-13(12)23-15/h8-9H,3-7H2,1-2H3,(H,18,20)(H,19,21). The summed E-state index contributed by atoms with van der Waals surface area (Å²) in [7, 11) is 0. The van der Waals surface area contributed by atoms with Gasteiger partial charge in [-0.2, -0.15) is 0 Å². The van der Waals surface area contributed by atoms with Gasteiger partial charge in [-0.25, -0.2) is 0 Å². The molecule has 0 aliphatic heterocycles. The molecule has 0 bridgehead atoms. The van der Waals surface area contributed by atoms with Gasteiger partial charge in [-0.15, -0.1) is 22.7 Å². The van der Waals surface area contributed by atoms with Gasteiger partial charge in [0, 0.05) is 9.75 Å². The highest BCUT2D eigenvalue weighted by molar-refractivity contribution is 7.14. The first-order chi connectivity index (χ1) is 11.0. The molecule has 122 valence electrons. The number of thiophene rings is 2. The predicted octanol–water partition coefficient (Wildman–Crippen LogP) is 3.77. The van der Waals surface area contributed by atoms with Crippen molar-refractivity contribution in [3.8, 4) is 0 Å². The molecule has 0 saturated carbocycles. The molecular weight excluding hydrogens is 328 g/mol. The molecule has 2 amide bonds. The van der Waals surface area contributed by atoms with Crippen LogP contribution in [0.25, 0.3) is 0 Å². The summed E-state index contributed by atoms with van der Waals surface area (Å²) < 4.78 is 0. The van der Waals surface area contributed by atoms with Crippen molar-refractivity contribution in [1.82, 2.24) is 10.9 Å². The number of hydrogen-bond acceptors (Lipinski definition) is 4. The van der Waals surface area contributed by atoms with E-state index in [9.17, 15) is 9.59 Å². The Hall–Kier alpha value is -1.66. The quantitative estimate of drug-likeness (QED) is 0.641. The van der Waals surface area contributed by atoms with Gasteiger partial charge in [0.25, 0.3) is 11.8 Å². The lowest BCUT2D eigenvalue weighted by atomic mass is 10.1. The fourth-order valence-corrected chi connectivity index (χ4v) is 4.78. The molecule has 0 radical (unpaired) electrons. The van der Waals surface area contributed by atoms with Crippen molar-refractivity contribution in [2.24, 2.45) is 0 Å². The van der Waals surface area contributed by atoms with Crippen LogP contribution in [0, 0.1) is 13.8 Å². The van der Waals surface area contributed by atoms with Gasteiger partial charge in [-0.05, 0) is 62.8 Å². The van der Waals surface area contributed by atoms with Crippen LogP contribution in [0.4, 0.5) is 0 Å². The maximum atomic E-state index is 12.2. The van der Waals surface area contributed by atoms with Gasteiger partial charge in [0.1, 0.15) is 0 Å². The normalized spacial score (nSPS) is 14.0. The van der Waals surface area contributed by atoms with Crippen LogP contribution >= 0.6 is 22.7 Å². The van der Waals surface area contributed by atoms with Gasteiger partial charge in [0.2, 0.25) is 0 Å². The summed E-state index contributed by atoms with van der Waals surface area (Å²) in [5.41, 5.74) is 7.43. The molecule has 0 fully saturated rings. The van der Waals surface area contributed by atoms with Crippen molar-refractivity contribution in [3.63, 3.8) is 0 Å². The molecule has 0 aromatic carbocycles. The Labute approximate surface area is 143 Å². The summed E-state index contributed by atoms with van der Waals surface area (Å²) >= 11 is 2.98. The van der Waals surface area contributed by atoms with Crippen LogP contribution in [0.2, 0.25) is 0 Å². The third-order valence-corrected chi connectivity index (χ3v) is 6.54. The predicted molar refractivity (Wildman–Crippen MR) is 94.3 cm³/mol. The van der Waals surface area contributed by atoms with E-state index in [2.05, 4.69) is 10.9 Å². The number of carbonyl (C=O) groups excluding carboxylic acids is 2. The number of rotatable bonds is 2. The summed E-state index contributed by atoms with van der Waals surface area (Å²) in [6.45, 7) is 3.95. The van der Waals surface area contributed by atoms with Crippen LogP contribution in [0.5, 0.6) is 0 Å². The van der Waals surface area contributed by atoms with E-state index in [1.807, 2.05) is 26.0 Å². The summed E-state index contributed by atoms with van der Waals surface area (Å²) in [6, 6.07) is 3.82. The molecule has 0 saturated heterocycles. The van der Waals surface area contributed by atoms with Crippen LogP contribution in [0.15, 0.2) is 12.1 Å². The molecule has 2 heterocycles. The Morgan fingerprint density at radius 1 is 0.913 bits per heavy atom. The van der Waals surface area contributed by atoms with E-state index in [4.69, 9.17) is 0 Å². The number of carbonyl (C=O) groups is 2. The molecule has 2 aromatic heterocycles. The monoisotopic (exact) mass is 348 g/mol. The van der Waals surface area contributed by atoms with Crippen molar-refractivity contribution in [2.45, 2.75) is 46.0 Å². The number of hydrogen-bond donors (Lipinski definition) is 2. The number of amides is 2. The number of hydrazine groups is 1.